The van der Waals surface area contributed by atoms with E-state index in [9.17, 15) is 8.78 Å². The van der Waals surface area contributed by atoms with Gasteiger partial charge in [-0.05, 0) is 18.4 Å². The van der Waals surface area contributed by atoms with Gasteiger partial charge in [0.15, 0.2) is 0 Å². The van der Waals surface area contributed by atoms with Gasteiger partial charge in [-0.1, -0.05) is 29.3 Å². The summed E-state index contributed by atoms with van der Waals surface area (Å²) in [6.07, 6.45) is 0. The third-order valence-electron chi connectivity index (χ3n) is 3.46. The molecule has 0 fully saturated rings. The molecule has 0 radical (unpaired) electrons. The second kappa shape index (κ2) is 6.72. The molecular formula is C15H13Cl2F2N3S2. The minimum atomic E-state index is -3.24. The van der Waals surface area contributed by atoms with E-state index in [2.05, 4.69) is 10.3 Å². The number of nitrogens with zero attached hydrogens (tertiary/aromatic N) is 1. The van der Waals surface area contributed by atoms with Crippen LogP contribution >= 0.6 is 45.9 Å². The normalized spacial score (nSPS) is 13.4. The number of hydrogen-bond acceptors (Lipinski definition) is 5. The van der Waals surface area contributed by atoms with Crippen LogP contribution in [0.5, 0.6) is 0 Å². The number of nitrogens with two attached hydrogens (primary N) is 1. The molecule has 0 aliphatic rings. The van der Waals surface area contributed by atoms with Crippen molar-refractivity contribution < 1.29 is 8.78 Å². The monoisotopic (exact) mass is 407 g/mol. The van der Waals surface area contributed by atoms with Gasteiger partial charge in [0.05, 0.1) is 26.3 Å². The summed E-state index contributed by atoms with van der Waals surface area (Å²) in [6, 6.07) is 4.17. The molecule has 3 heterocycles. The Hall–Kier alpha value is -0.990. The minimum Gasteiger partial charge on any atom is -0.379 e. The van der Waals surface area contributed by atoms with Crippen molar-refractivity contribution in [2.45, 2.75) is 25.4 Å². The number of thiophene rings is 2. The smallest absolute Gasteiger partial charge is 0.298 e. The zero-order valence-corrected chi connectivity index (χ0v) is 15.6. The minimum absolute atomic E-state index is 0.0982. The molecular weight excluding hydrogens is 395 g/mol. The van der Waals surface area contributed by atoms with Crippen LogP contribution in [0.2, 0.25) is 10.2 Å². The van der Waals surface area contributed by atoms with Gasteiger partial charge in [0.1, 0.15) is 10.7 Å². The summed E-state index contributed by atoms with van der Waals surface area (Å²) in [5, 5.41) is 5.27. The fraction of sp³-hybridized carbons (Fsp3) is 0.267. The third kappa shape index (κ3) is 3.23. The van der Waals surface area contributed by atoms with Crippen molar-refractivity contribution in [1.29, 1.82) is 0 Å². The molecule has 3 aromatic heterocycles. The fourth-order valence-corrected chi connectivity index (χ4v) is 4.63. The summed E-state index contributed by atoms with van der Waals surface area (Å²) in [4.78, 5) is 4.93. The molecule has 0 aliphatic carbocycles. The van der Waals surface area contributed by atoms with Gasteiger partial charge < -0.3 is 11.1 Å². The Kier molecular flexibility index (Phi) is 4.99. The molecule has 0 aliphatic heterocycles. The summed E-state index contributed by atoms with van der Waals surface area (Å²) in [6.45, 7) is 1.80. The molecule has 0 bridgehead atoms. The lowest BCUT2D eigenvalue weighted by atomic mass is 10.1. The first kappa shape index (κ1) is 17.8. The molecule has 3 aromatic rings. The van der Waals surface area contributed by atoms with Gasteiger partial charge in [0.2, 0.25) is 0 Å². The van der Waals surface area contributed by atoms with Gasteiger partial charge in [-0.15, -0.1) is 22.7 Å². The van der Waals surface area contributed by atoms with Crippen LogP contribution in [0.4, 0.5) is 14.5 Å². The summed E-state index contributed by atoms with van der Waals surface area (Å²) in [5.74, 6) is -3.24. The number of alkyl halides is 2. The maximum Gasteiger partial charge on any atom is 0.298 e. The quantitative estimate of drug-likeness (QED) is 0.532. The molecule has 1 atom stereocenters. The lowest BCUT2D eigenvalue weighted by molar-refractivity contribution is -0.0217. The van der Waals surface area contributed by atoms with E-state index in [1.54, 1.807) is 17.4 Å². The van der Waals surface area contributed by atoms with Crippen molar-refractivity contribution in [3.05, 3.63) is 43.5 Å². The molecule has 24 heavy (non-hydrogen) atoms. The van der Waals surface area contributed by atoms with Crippen LogP contribution in [-0.2, 0) is 12.5 Å². The van der Waals surface area contributed by atoms with Gasteiger partial charge in [0.25, 0.3) is 5.92 Å². The van der Waals surface area contributed by atoms with Crippen molar-refractivity contribution >= 4 is 61.8 Å². The van der Waals surface area contributed by atoms with Gasteiger partial charge in [0, 0.05) is 17.5 Å². The van der Waals surface area contributed by atoms with Gasteiger partial charge in [-0.25, -0.2) is 4.98 Å². The number of halogens is 4. The highest BCUT2D eigenvalue weighted by Crippen LogP contribution is 2.47. The van der Waals surface area contributed by atoms with Crippen LogP contribution in [0.25, 0.3) is 10.2 Å². The van der Waals surface area contributed by atoms with Gasteiger partial charge >= 0.3 is 0 Å². The summed E-state index contributed by atoms with van der Waals surface area (Å²) < 4.78 is 29.2. The highest BCUT2D eigenvalue weighted by molar-refractivity contribution is 7.20. The van der Waals surface area contributed by atoms with Crippen molar-refractivity contribution in [3.63, 3.8) is 0 Å². The number of anilines is 1. The average Bonchev–Trinajstić information content (AvgIpc) is 3.14. The Morgan fingerprint density at radius 1 is 1.42 bits per heavy atom. The van der Waals surface area contributed by atoms with Crippen LogP contribution in [0.1, 0.15) is 16.7 Å². The second-order valence-corrected chi connectivity index (χ2v) is 8.08. The Labute approximate surface area is 155 Å². The summed E-state index contributed by atoms with van der Waals surface area (Å²) in [5.41, 5.74) is 6.31. The van der Waals surface area contributed by atoms with Crippen LogP contribution in [-0.4, -0.2) is 11.0 Å². The maximum absolute atomic E-state index is 14.3. The van der Waals surface area contributed by atoms with Crippen molar-refractivity contribution in [2.75, 3.05) is 5.32 Å². The topological polar surface area (TPSA) is 50.9 Å². The summed E-state index contributed by atoms with van der Waals surface area (Å²) in [7, 11) is 0. The first-order chi connectivity index (χ1) is 11.3. The molecule has 3 rings (SSSR count). The molecule has 0 aromatic carbocycles. The molecule has 0 saturated heterocycles. The Balaban J connectivity index is 2.07. The number of nitrogens with one attached hydrogen (secondary N) is 1. The highest BCUT2D eigenvalue weighted by atomic mass is 35.5. The molecule has 9 heteroatoms. The van der Waals surface area contributed by atoms with Crippen molar-refractivity contribution in [1.82, 2.24) is 4.98 Å². The lowest BCUT2D eigenvalue weighted by Crippen LogP contribution is -2.35. The molecule has 0 spiro atoms. The van der Waals surface area contributed by atoms with E-state index in [0.29, 0.717) is 16.9 Å². The number of aromatic nitrogens is 1. The van der Waals surface area contributed by atoms with E-state index in [0.717, 1.165) is 16.2 Å². The van der Waals surface area contributed by atoms with Crippen LogP contribution in [0.3, 0.4) is 0 Å². The van der Waals surface area contributed by atoms with Gasteiger partial charge in [-0.3, -0.25) is 0 Å². The van der Waals surface area contributed by atoms with Crippen LogP contribution in [0, 0.1) is 0 Å². The first-order valence-corrected chi connectivity index (χ1v) is 9.44. The van der Waals surface area contributed by atoms with Crippen LogP contribution in [0.15, 0.2) is 23.6 Å². The number of pyridine rings is 1. The molecule has 3 N–H and O–H groups in total. The molecule has 0 saturated carbocycles. The number of hydrogen-bond donors (Lipinski definition) is 2. The standard InChI is InChI=1S/C15H13Cl2F2N3S2/c1-7(20)15(18,19)14-11(17)12-13(24-14)9(5-10(16)22-12)21-6-8-3-2-4-23-8/h2-5,7H,6,20H2,1H3,(H,21,22)/t7-/m0/s1. The Bertz CT molecular complexity index is 863. The summed E-state index contributed by atoms with van der Waals surface area (Å²) >= 11 is 14.7. The first-order valence-electron chi connectivity index (χ1n) is 6.99. The van der Waals surface area contributed by atoms with E-state index >= 15 is 0 Å². The SMILES string of the molecule is C[C@H](N)C(F)(F)c1sc2c(NCc3cccs3)cc(Cl)nc2c1Cl. The average molecular weight is 408 g/mol. The second-order valence-electron chi connectivity index (χ2n) is 5.26. The third-order valence-corrected chi connectivity index (χ3v) is 6.31. The van der Waals surface area contributed by atoms with E-state index < -0.39 is 12.0 Å². The predicted octanol–water partition coefficient (Wildman–Crippen LogP) is 5.72. The Morgan fingerprint density at radius 2 is 2.17 bits per heavy atom. The predicted molar refractivity (Wildman–Crippen MR) is 98.8 cm³/mol. The molecule has 0 amide bonds. The molecule has 128 valence electrons. The highest BCUT2D eigenvalue weighted by Gasteiger charge is 2.41. The largest absolute Gasteiger partial charge is 0.379 e. The van der Waals surface area contributed by atoms with Crippen molar-refractivity contribution in [2.24, 2.45) is 5.73 Å². The zero-order valence-electron chi connectivity index (χ0n) is 12.4. The zero-order chi connectivity index (χ0) is 17.5. The van der Waals surface area contributed by atoms with E-state index in [4.69, 9.17) is 28.9 Å². The van der Waals surface area contributed by atoms with Gasteiger partial charge in [-0.2, -0.15) is 8.78 Å². The van der Waals surface area contributed by atoms with Crippen molar-refractivity contribution in [3.8, 4) is 0 Å². The van der Waals surface area contributed by atoms with E-state index in [-0.39, 0.29) is 20.6 Å². The maximum atomic E-state index is 14.3. The van der Waals surface area contributed by atoms with Crippen LogP contribution < -0.4 is 11.1 Å². The Morgan fingerprint density at radius 3 is 2.79 bits per heavy atom. The van der Waals surface area contributed by atoms with E-state index in [1.165, 1.54) is 6.92 Å². The van der Waals surface area contributed by atoms with E-state index in [1.807, 2.05) is 17.5 Å². The number of fused-ring (bicyclic) bond motifs is 1. The fourth-order valence-electron chi connectivity index (χ4n) is 2.16. The molecule has 3 nitrogen and oxygen atoms in total. The number of rotatable bonds is 5. The lowest BCUT2D eigenvalue weighted by Gasteiger charge is -2.18. The molecule has 0 unspecified atom stereocenters.